The molecule has 5 nitrogen and oxygen atoms in total. The number of rotatable bonds is 14. The van der Waals surface area contributed by atoms with E-state index in [-0.39, 0.29) is 12.4 Å². The smallest absolute Gasteiger partial charge is 0.121 e. The molecule has 29 heavy (non-hydrogen) atoms. The van der Waals surface area contributed by atoms with Gasteiger partial charge < -0.3 is 25.4 Å². The molecule has 0 bridgehead atoms. The van der Waals surface area contributed by atoms with Crippen molar-refractivity contribution in [1.82, 2.24) is 5.32 Å². The molecule has 0 aliphatic rings. The molecule has 0 spiro atoms. The van der Waals surface area contributed by atoms with Crippen LogP contribution in [0.15, 0.2) is 42.5 Å². The predicted octanol–water partition coefficient (Wildman–Crippen LogP) is 3.64. The lowest BCUT2D eigenvalue weighted by Crippen LogP contribution is -2.22. The second-order valence-electron chi connectivity index (χ2n) is 7.53. The lowest BCUT2D eigenvalue weighted by molar-refractivity contribution is 0.133. The third kappa shape index (κ3) is 8.96. The zero-order chi connectivity index (χ0) is 20.9. The molecular formula is C24H35NO4. The van der Waals surface area contributed by atoms with E-state index in [0.717, 1.165) is 51.9 Å². The molecule has 2 aromatic rings. The molecule has 0 aliphatic carbocycles. The summed E-state index contributed by atoms with van der Waals surface area (Å²) in [5.41, 5.74) is 3.74. The third-order valence-corrected chi connectivity index (χ3v) is 5.04. The highest BCUT2D eigenvalue weighted by Gasteiger charge is 2.09. The molecule has 0 saturated carbocycles. The predicted molar refractivity (Wildman–Crippen MR) is 116 cm³/mol. The second kappa shape index (κ2) is 13.3. The van der Waals surface area contributed by atoms with Crippen molar-refractivity contribution in [2.24, 2.45) is 0 Å². The van der Waals surface area contributed by atoms with E-state index in [0.29, 0.717) is 17.7 Å². The molecule has 0 fully saturated rings. The highest BCUT2D eigenvalue weighted by Crippen LogP contribution is 2.22. The summed E-state index contributed by atoms with van der Waals surface area (Å²) in [7, 11) is 0. The Morgan fingerprint density at radius 3 is 2.48 bits per heavy atom. The molecular weight excluding hydrogens is 366 g/mol. The van der Waals surface area contributed by atoms with Crippen molar-refractivity contribution < 1.29 is 20.1 Å². The first kappa shape index (κ1) is 23.4. The van der Waals surface area contributed by atoms with Crippen molar-refractivity contribution in [1.29, 1.82) is 0 Å². The minimum Gasteiger partial charge on any atom is -0.508 e. The molecule has 0 heterocycles. The number of phenols is 1. The topological polar surface area (TPSA) is 82.0 Å². The lowest BCUT2D eigenvalue weighted by Gasteiger charge is -2.14. The van der Waals surface area contributed by atoms with Gasteiger partial charge in [-0.2, -0.15) is 0 Å². The summed E-state index contributed by atoms with van der Waals surface area (Å²) in [6.45, 7) is 4.76. The number of hydrogen-bond donors (Lipinski definition) is 4. The fourth-order valence-electron chi connectivity index (χ4n) is 3.15. The zero-order valence-electron chi connectivity index (χ0n) is 17.4. The van der Waals surface area contributed by atoms with E-state index in [1.165, 1.54) is 17.2 Å². The quantitative estimate of drug-likeness (QED) is 0.364. The molecule has 160 valence electrons. The van der Waals surface area contributed by atoms with E-state index in [2.05, 4.69) is 36.5 Å². The number of aryl methyl sites for hydroxylation is 1. The largest absolute Gasteiger partial charge is 0.508 e. The van der Waals surface area contributed by atoms with Crippen LogP contribution in [0.5, 0.6) is 5.75 Å². The lowest BCUT2D eigenvalue weighted by atomic mass is 10.1. The van der Waals surface area contributed by atoms with Gasteiger partial charge in [0.15, 0.2) is 0 Å². The van der Waals surface area contributed by atoms with Crippen LogP contribution in [0.1, 0.15) is 54.0 Å². The molecule has 4 N–H and O–H groups in total. The Hall–Kier alpha value is -1.92. The summed E-state index contributed by atoms with van der Waals surface area (Å²) in [6.07, 6.45) is 4.74. The van der Waals surface area contributed by atoms with Crippen LogP contribution in [-0.2, 0) is 17.8 Å². The van der Waals surface area contributed by atoms with Crippen molar-refractivity contribution >= 4 is 0 Å². The van der Waals surface area contributed by atoms with Gasteiger partial charge in [0.1, 0.15) is 5.75 Å². The molecule has 0 saturated heterocycles. The molecule has 0 radical (unpaired) electrons. The highest BCUT2D eigenvalue weighted by atomic mass is 16.5. The third-order valence-electron chi connectivity index (χ3n) is 5.04. The maximum atomic E-state index is 10.2. The van der Waals surface area contributed by atoms with Crippen molar-refractivity contribution in [2.45, 2.75) is 51.7 Å². The first-order valence-electron chi connectivity index (χ1n) is 10.5. The van der Waals surface area contributed by atoms with E-state index >= 15 is 0 Å². The first-order valence-corrected chi connectivity index (χ1v) is 10.5. The summed E-state index contributed by atoms with van der Waals surface area (Å²) in [4.78, 5) is 0. The Balaban J connectivity index is 1.44. The van der Waals surface area contributed by atoms with E-state index in [4.69, 9.17) is 4.74 Å². The van der Waals surface area contributed by atoms with Crippen molar-refractivity contribution in [2.75, 3.05) is 26.3 Å². The van der Waals surface area contributed by atoms with Crippen LogP contribution in [0, 0.1) is 6.92 Å². The Bertz CT molecular complexity index is 703. The average molecular weight is 402 g/mol. The molecule has 2 aromatic carbocycles. The number of hydrogen-bond acceptors (Lipinski definition) is 5. The fraction of sp³-hybridized carbons (Fsp3) is 0.500. The normalized spacial score (nSPS) is 12.2. The Kier molecular flexibility index (Phi) is 10.7. The molecule has 1 atom stereocenters. The van der Waals surface area contributed by atoms with E-state index in [1.807, 2.05) is 0 Å². The number of aliphatic hydroxyl groups excluding tert-OH is 2. The number of nitrogens with one attached hydrogen (secondary N) is 1. The van der Waals surface area contributed by atoms with Gasteiger partial charge in [-0.1, -0.05) is 48.7 Å². The fourth-order valence-corrected chi connectivity index (χ4v) is 3.15. The summed E-state index contributed by atoms with van der Waals surface area (Å²) < 4.78 is 5.72. The standard InChI is InChI=1S/C24H35NO4/c1-19-6-8-20(9-7-19)12-15-29-14-5-3-2-4-13-25-17-24(28)21-10-11-23(27)22(16-21)18-26/h6-11,16,24-28H,2-5,12-15,17-18H2,1H3. The summed E-state index contributed by atoms with van der Waals surface area (Å²) in [6, 6.07) is 13.4. The number of benzene rings is 2. The molecule has 2 rings (SSSR count). The van der Waals surface area contributed by atoms with E-state index in [1.54, 1.807) is 12.1 Å². The van der Waals surface area contributed by atoms with Crippen LogP contribution < -0.4 is 5.32 Å². The Morgan fingerprint density at radius 2 is 1.72 bits per heavy atom. The molecule has 0 aliphatic heterocycles. The van der Waals surface area contributed by atoms with Gasteiger partial charge in [-0.25, -0.2) is 0 Å². The maximum absolute atomic E-state index is 10.2. The van der Waals surface area contributed by atoms with Gasteiger partial charge in [0.25, 0.3) is 0 Å². The Labute approximate surface area is 174 Å². The van der Waals surface area contributed by atoms with Gasteiger partial charge in [0, 0.05) is 18.7 Å². The number of ether oxygens (including phenoxy) is 1. The SMILES string of the molecule is Cc1ccc(CCOCCCCCCNCC(O)c2ccc(O)c(CO)c2)cc1. The van der Waals surface area contributed by atoms with E-state index in [9.17, 15) is 15.3 Å². The molecule has 0 amide bonds. The Morgan fingerprint density at radius 1 is 0.966 bits per heavy atom. The second-order valence-corrected chi connectivity index (χ2v) is 7.53. The van der Waals surface area contributed by atoms with Crippen LogP contribution in [-0.4, -0.2) is 41.6 Å². The van der Waals surface area contributed by atoms with Gasteiger partial charge >= 0.3 is 0 Å². The van der Waals surface area contributed by atoms with Gasteiger partial charge in [-0.05, 0) is 56.0 Å². The van der Waals surface area contributed by atoms with Crippen LogP contribution in [0.4, 0.5) is 0 Å². The van der Waals surface area contributed by atoms with Gasteiger partial charge in [-0.15, -0.1) is 0 Å². The number of aliphatic hydroxyl groups is 2. The van der Waals surface area contributed by atoms with Crippen molar-refractivity contribution in [3.05, 3.63) is 64.7 Å². The average Bonchev–Trinajstić information content (AvgIpc) is 2.73. The minimum absolute atomic E-state index is 0.0514. The van der Waals surface area contributed by atoms with Gasteiger partial charge in [0.2, 0.25) is 0 Å². The van der Waals surface area contributed by atoms with Crippen LogP contribution in [0.3, 0.4) is 0 Å². The number of unbranched alkanes of at least 4 members (excludes halogenated alkanes) is 3. The van der Waals surface area contributed by atoms with Crippen molar-refractivity contribution in [3.8, 4) is 5.75 Å². The van der Waals surface area contributed by atoms with Gasteiger partial charge in [-0.3, -0.25) is 0 Å². The first-order chi connectivity index (χ1) is 14.1. The summed E-state index contributed by atoms with van der Waals surface area (Å²) >= 11 is 0. The molecule has 1 unspecified atom stereocenters. The molecule has 0 aromatic heterocycles. The monoisotopic (exact) mass is 401 g/mol. The van der Waals surface area contributed by atoms with Gasteiger partial charge in [0.05, 0.1) is 19.3 Å². The van der Waals surface area contributed by atoms with Crippen LogP contribution in [0.2, 0.25) is 0 Å². The zero-order valence-corrected chi connectivity index (χ0v) is 17.4. The minimum atomic E-state index is -0.650. The maximum Gasteiger partial charge on any atom is 0.121 e. The van der Waals surface area contributed by atoms with Crippen LogP contribution in [0.25, 0.3) is 0 Å². The number of aromatic hydroxyl groups is 1. The van der Waals surface area contributed by atoms with E-state index < -0.39 is 6.10 Å². The highest BCUT2D eigenvalue weighted by molar-refractivity contribution is 5.36. The van der Waals surface area contributed by atoms with Crippen LogP contribution >= 0.6 is 0 Å². The summed E-state index contributed by atoms with van der Waals surface area (Å²) in [5, 5.41) is 32.2. The molecule has 5 heteroatoms. The van der Waals surface area contributed by atoms with Crippen molar-refractivity contribution in [3.63, 3.8) is 0 Å². The summed E-state index contributed by atoms with van der Waals surface area (Å²) in [5.74, 6) is 0.0514.